The molecule has 2 N–H and O–H groups in total. The average Bonchev–Trinajstić information content (AvgIpc) is 2.25. The van der Waals surface area contributed by atoms with E-state index >= 15 is 0 Å². The maximum Gasteiger partial charge on any atom is 0.275 e. The van der Waals surface area contributed by atoms with E-state index in [1.807, 2.05) is 19.9 Å². The molecule has 0 aliphatic rings. The minimum Gasteiger partial charge on any atom is -0.326 e. The molecule has 18 heavy (non-hydrogen) atoms. The number of hydrogen-bond acceptors (Lipinski definition) is 1. The first-order chi connectivity index (χ1) is 8.13. The van der Waals surface area contributed by atoms with E-state index in [9.17, 15) is 8.78 Å². The monoisotopic (exact) mass is 255 g/mol. The number of benzene rings is 1. The van der Waals surface area contributed by atoms with Crippen molar-refractivity contribution in [2.24, 2.45) is 11.7 Å². The number of aryl methyl sites for hydroxylation is 1. The summed E-state index contributed by atoms with van der Waals surface area (Å²) >= 11 is 0. The fraction of sp³-hybridized carbons (Fsp3) is 0.600. The van der Waals surface area contributed by atoms with Gasteiger partial charge in [0, 0.05) is 17.0 Å². The van der Waals surface area contributed by atoms with Crippen LogP contribution in [0.25, 0.3) is 0 Å². The molecule has 0 aliphatic heterocycles. The number of halogens is 2. The zero-order chi connectivity index (χ0) is 14.0. The Kier molecular flexibility index (Phi) is 4.49. The minimum absolute atomic E-state index is 0.102. The van der Waals surface area contributed by atoms with Crippen molar-refractivity contribution in [2.75, 3.05) is 0 Å². The van der Waals surface area contributed by atoms with Gasteiger partial charge in [-0.3, -0.25) is 0 Å². The van der Waals surface area contributed by atoms with Gasteiger partial charge in [-0.15, -0.1) is 0 Å². The molecule has 0 aromatic heterocycles. The van der Waals surface area contributed by atoms with Crippen molar-refractivity contribution in [1.29, 1.82) is 0 Å². The molecule has 0 saturated heterocycles. The summed E-state index contributed by atoms with van der Waals surface area (Å²) in [5.74, 6) is -3.47. The summed E-state index contributed by atoms with van der Waals surface area (Å²) in [5.41, 5.74) is 6.66. The molecule has 1 rings (SSSR count). The lowest BCUT2D eigenvalue weighted by atomic mass is 9.92. The summed E-state index contributed by atoms with van der Waals surface area (Å²) in [5, 5.41) is 0. The predicted octanol–water partition coefficient (Wildman–Crippen LogP) is 4.10. The van der Waals surface area contributed by atoms with Crippen LogP contribution >= 0.6 is 0 Å². The lowest BCUT2D eigenvalue weighted by Gasteiger charge is -2.22. The largest absolute Gasteiger partial charge is 0.326 e. The molecule has 1 nitrogen and oxygen atoms in total. The molecule has 0 bridgehead atoms. The molecular weight excluding hydrogens is 232 g/mol. The fourth-order valence-corrected chi connectivity index (χ4v) is 1.73. The number of nitrogens with two attached hydrogens (primary N) is 1. The lowest BCUT2D eigenvalue weighted by Crippen LogP contribution is -2.32. The first-order valence-corrected chi connectivity index (χ1v) is 6.39. The minimum atomic E-state index is -2.77. The first kappa shape index (κ1) is 15.1. The standard InChI is InChI=1S/C15H23F2N/c1-11(2)15(16,17)13-7-5-6-12(10-13)8-9-14(3,4)18/h5-7,10-11H,8-9,18H2,1-4H3. The average molecular weight is 255 g/mol. The molecule has 0 aliphatic carbocycles. The summed E-state index contributed by atoms with van der Waals surface area (Å²) in [7, 11) is 0. The van der Waals surface area contributed by atoms with Gasteiger partial charge in [0.1, 0.15) is 0 Å². The van der Waals surface area contributed by atoms with E-state index in [0.717, 1.165) is 18.4 Å². The van der Waals surface area contributed by atoms with Gasteiger partial charge < -0.3 is 5.73 Å². The predicted molar refractivity (Wildman–Crippen MR) is 71.8 cm³/mol. The van der Waals surface area contributed by atoms with Crippen LogP contribution in [0.1, 0.15) is 45.2 Å². The van der Waals surface area contributed by atoms with Crippen LogP contribution in [0.5, 0.6) is 0 Å². The maximum absolute atomic E-state index is 13.9. The zero-order valence-electron chi connectivity index (χ0n) is 11.6. The van der Waals surface area contributed by atoms with E-state index in [0.29, 0.717) is 0 Å². The van der Waals surface area contributed by atoms with E-state index < -0.39 is 11.8 Å². The van der Waals surface area contributed by atoms with Crippen molar-refractivity contribution in [3.05, 3.63) is 35.4 Å². The lowest BCUT2D eigenvalue weighted by molar-refractivity contribution is -0.0514. The van der Waals surface area contributed by atoms with Crippen LogP contribution in [0.15, 0.2) is 24.3 Å². The molecule has 3 heteroatoms. The van der Waals surface area contributed by atoms with Gasteiger partial charge in [-0.2, -0.15) is 0 Å². The summed E-state index contributed by atoms with van der Waals surface area (Å²) < 4.78 is 27.8. The molecule has 0 atom stereocenters. The van der Waals surface area contributed by atoms with Crippen molar-refractivity contribution in [2.45, 2.75) is 52.0 Å². The second-order valence-electron chi connectivity index (χ2n) is 5.97. The number of hydrogen-bond donors (Lipinski definition) is 1. The summed E-state index contributed by atoms with van der Waals surface area (Å²) in [6.45, 7) is 6.96. The molecule has 0 amide bonds. The Morgan fingerprint density at radius 1 is 1.22 bits per heavy atom. The van der Waals surface area contributed by atoms with Crippen LogP contribution < -0.4 is 5.73 Å². The highest BCUT2D eigenvalue weighted by atomic mass is 19.3. The fourth-order valence-electron chi connectivity index (χ4n) is 1.73. The Hall–Kier alpha value is -0.960. The highest BCUT2D eigenvalue weighted by Crippen LogP contribution is 2.35. The van der Waals surface area contributed by atoms with E-state index in [2.05, 4.69) is 0 Å². The van der Waals surface area contributed by atoms with Crippen LogP contribution in [0.2, 0.25) is 0 Å². The number of rotatable bonds is 5. The van der Waals surface area contributed by atoms with E-state index in [-0.39, 0.29) is 11.1 Å². The molecule has 0 radical (unpaired) electrons. The molecule has 0 saturated carbocycles. The van der Waals surface area contributed by atoms with Crippen molar-refractivity contribution in [1.82, 2.24) is 0 Å². The van der Waals surface area contributed by atoms with Gasteiger partial charge in [0.15, 0.2) is 0 Å². The normalized spacial score (nSPS) is 13.1. The van der Waals surface area contributed by atoms with Crippen molar-refractivity contribution < 1.29 is 8.78 Å². The summed E-state index contributed by atoms with van der Waals surface area (Å²) in [6, 6.07) is 6.68. The second kappa shape index (κ2) is 5.35. The molecule has 1 aromatic rings. The van der Waals surface area contributed by atoms with Gasteiger partial charge in [-0.05, 0) is 38.3 Å². The molecule has 1 aromatic carbocycles. The van der Waals surface area contributed by atoms with Crippen LogP contribution in [-0.4, -0.2) is 5.54 Å². The molecule has 102 valence electrons. The van der Waals surface area contributed by atoms with Gasteiger partial charge >= 0.3 is 0 Å². The van der Waals surface area contributed by atoms with Crippen LogP contribution in [0.3, 0.4) is 0 Å². The van der Waals surface area contributed by atoms with Gasteiger partial charge in [-0.1, -0.05) is 32.0 Å². The molecular formula is C15H23F2N. The quantitative estimate of drug-likeness (QED) is 0.842. The Morgan fingerprint density at radius 3 is 2.33 bits per heavy atom. The van der Waals surface area contributed by atoms with Crippen molar-refractivity contribution in [3.8, 4) is 0 Å². The Bertz CT molecular complexity index is 392. The molecule has 0 spiro atoms. The highest BCUT2D eigenvalue weighted by molar-refractivity contribution is 5.27. The van der Waals surface area contributed by atoms with Gasteiger partial charge in [-0.25, -0.2) is 8.78 Å². The molecule has 0 heterocycles. The van der Waals surface area contributed by atoms with E-state index in [4.69, 9.17) is 5.73 Å². The zero-order valence-corrected chi connectivity index (χ0v) is 11.6. The third-order valence-corrected chi connectivity index (χ3v) is 3.09. The topological polar surface area (TPSA) is 26.0 Å². The summed E-state index contributed by atoms with van der Waals surface area (Å²) in [4.78, 5) is 0. The maximum atomic E-state index is 13.9. The van der Waals surface area contributed by atoms with E-state index in [1.165, 1.54) is 19.9 Å². The Balaban J connectivity index is 2.86. The Labute approximate surface area is 108 Å². The van der Waals surface area contributed by atoms with Crippen molar-refractivity contribution >= 4 is 0 Å². The summed E-state index contributed by atoms with van der Waals surface area (Å²) in [6.07, 6.45) is 1.51. The Morgan fingerprint density at radius 2 is 1.83 bits per heavy atom. The van der Waals surface area contributed by atoms with E-state index in [1.54, 1.807) is 12.1 Å². The third-order valence-electron chi connectivity index (χ3n) is 3.09. The SMILES string of the molecule is CC(C)C(F)(F)c1cccc(CCC(C)(C)N)c1. The third kappa shape index (κ3) is 4.05. The second-order valence-corrected chi connectivity index (χ2v) is 5.97. The molecule has 0 fully saturated rings. The smallest absolute Gasteiger partial charge is 0.275 e. The van der Waals surface area contributed by atoms with Crippen LogP contribution in [0, 0.1) is 5.92 Å². The van der Waals surface area contributed by atoms with Gasteiger partial charge in [0.05, 0.1) is 0 Å². The number of alkyl halides is 2. The van der Waals surface area contributed by atoms with Crippen LogP contribution in [0.4, 0.5) is 8.78 Å². The van der Waals surface area contributed by atoms with Gasteiger partial charge in [0.25, 0.3) is 5.92 Å². The van der Waals surface area contributed by atoms with Gasteiger partial charge in [0.2, 0.25) is 0 Å². The first-order valence-electron chi connectivity index (χ1n) is 6.39. The van der Waals surface area contributed by atoms with Crippen LogP contribution in [-0.2, 0) is 12.3 Å². The molecule has 0 unspecified atom stereocenters. The van der Waals surface area contributed by atoms with Crippen molar-refractivity contribution in [3.63, 3.8) is 0 Å². The highest BCUT2D eigenvalue weighted by Gasteiger charge is 2.35.